The zero-order chi connectivity index (χ0) is 22.8. The maximum atomic E-state index is 13.8. The van der Waals surface area contributed by atoms with Gasteiger partial charge in [0.2, 0.25) is 5.95 Å². The Balaban J connectivity index is 1.62. The summed E-state index contributed by atoms with van der Waals surface area (Å²) >= 11 is 6.22. The number of carboxylic acid groups (broad SMARTS) is 1. The standard InChI is InChI=1S/C24H23ClFN3O3/c1-14-9-18(10-15(2)22(14)25)32-13-20-19(23(30)31)12-27-24(28-20)29-8-4-7-21(29)16-5-3-6-17(26)11-16/h3,5-6,9-12,21H,4,7-8,13H2,1-2H3,(H,30,31). The van der Waals surface area contributed by atoms with Crippen molar-refractivity contribution in [3.05, 3.63) is 81.4 Å². The molecule has 1 atom stereocenters. The molecule has 1 aliphatic heterocycles. The Bertz CT molecular complexity index is 1150. The average molecular weight is 456 g/mol. The van der Waals surface area contributed by atoms with Crippen LogP contribution in [0.25, 0.3) is 0 Å². The summed E-state index contributed by atoms with van der Waals surface area (Å²) in [5.41, 5.74) is 2.85. The molecule has 166 valence electrons. The summed E-state index contributed by atoms with van der Waals surface area (Å²) in [6.07, 6.45) is 3.05. The van der Waals surface area contributed by atoms with Gasteiger partial charge >= 0.3 is 5.97 Å². The Morgan fingerprint density at radius 3 is 2.72 bits per heavy atom. The van der Waals surface area contributed by atoms with E-state index in [1.54, 1.807) is 18.2 Å². The highest BCUT2D eigenvalue weighted by atomic mass is 35.5. The van der Waals surface area contributed by atoms with E-state index in [4.69, 9.17) is 16.3 Å². The molecule has 0 spiro atoms. The summed E-state index contributed by atoms with van der Waals surface area (Å²) in [5.74, 6) is -0.426. The molecule has 3 aromatic rings. The Morgan fingerprint density at radius 2 is 2.03 bits per heavy atom. The number of nitrogens with zero attached hydrogens (tertiary/aromatic N) is 3. The van der Waals surface area contributed by atoms with E-state index in [9.17, 15) is 14.3 Å². The van der Waals surface area contributed by atoms with E-state index in [1.165, 1.54) is 18.3 Å². The topological polar surface area (TPSA) is 75.5 Å². The number of rotatable bonds is 6. The van der Waals surface area contributed by atoms with E-state index in [-0.39, 0.29) is 29.7 Å². The van der Waals surface area contributed by atoms with Gasteiger partial charge in [-0.2, -0.15) is 0 Å². The number of carboxylic acids is 1. The smallest absolute Gasteiger partial charge is 0.339 e. The minimum Gasteiger partial charge on any atom is -0.487 e. The number of aryl methyl sites for hydroxylation is 2. The van der Waals surface area contributed by atoms with Crippen LogP contribution in [-0.4, -0.2) is 27.6 Å². The third-order valence-electron chi connectivity index (χ3n) is 5.61. The van der Waals surface area contributed by atoms with Gasteiger partial charge in [0.05, 0.1) is 11.7 Å². The third-order valence-corrected chi connectivity index (χ3v) is 6.21. The fourth-order valence-corrected chi connectivity index (χ4v) is 4.15. The van der Waals surface area contributed by atoms with Crippen molar-refractivity contribution in [1.29, 1.82) is 0 Å². The summed E-state index contributed by atoms with van der Waals surface area (Å²) in [5, 5.41) is 10.3. The van der Waals surface area contributed by atoms with E-state index in [0.29, 0.717) is 23.3 Å². The molecule has 1 aromatic heterocycles. The van der Waals surface area contributed by atoms with Crippen LogP contribution in [0.3, 0.4) is 0 Å². The number of carbonyl (C=O) groups is 1. The molecular weight excluding hydrogens is 433 g/mol. The lowest BCUT2D eigenvalue weighted by Crippen LogP contribution is -2.26. The van der Waals surface area contributed by atoms with Crippen LogP contribution >= 0.6 is 11.6 Å². The quantitative estimate of drug-likeness (QED) is 0.528. The van der Waals surface area contributed by atoms with E-state index in [0.717, 1.165) is 29.5 Å². The Morgan fingerprint density at radius 1 is 1.28 bits per heavy atom. The molecule has 6 nitrogen and oxygen atoms in total. The van der Waals surface area contributed by atoms with Crippen LogP contribution in [0.15, 0.2) is 42.6 Å². The van der Waals surface area contributed by atoms with Gasteiger partial charge in [0, 0.05) is 17.8 Å². The first kappa shape index (κ1) is 22.0. The first-order valence-corrected chi connectivity index (χ1v) is 10.7. The summed E-state index contributed by atoms with van der Waals surface area (Å²) < 4.78 is 19.6. The molecule has 1 saturated heterocycles. The van der Waals surface area contributed by atoms with Gasteiger partial charge in [-0.15, -0.1) is 0 Å². The number of hydrogen-bond donors (Lipinski definition) is 1. The lowest BCUT2D eigenvalue weighted by Gasteiger charge is -2.25. The molecule has 0 bridgehead atoms. The normalized spacial score (nSPS) is 15.8. The SMILES string of the molecule is Cc1cc(OCc2nc(N3CCCC3c3cccc(F)c3)ncc2C(=O)O)cc(C)c1Cl. The second-order valence-electron chi connectivity index (χ2n) is 7.90. The van der Waals surface area contributed by atoms with Crippen molar-refractivity contribution in [2.75, 3.05) is 11.4 Å². The Kier molecular flexibility index (Phi) is 6.28. The highest BCUT2D eigenvalue weighted by molar-refractivity contribution is 6.32. The lowest BCUT2D eigenvalue weighted by molar-refractivity contribution is 0.0692. The first-order chi connectivity index (χ1) is 15.3. The molecule has 32 heavy (non-hydrogen) atoms. The molecule has 1 aliphatic rings. The van der Waals surface area contributed by atoms with Crippen LogP contribution in [0, 0.1) is 19.7 Å². The molecule has 2 heterocycles. The van der Waals surface area contributed by atoms with Crippen molar-refractivity contribution in [1.82, 2.24) is 9.97 Å². The molecule has 0 radical (unpaired) electrons. The number of ether oxygens (including phenoxy) is 1. The Hall–Kier alpha value is -3.19. The largest absolute Gasteiger partial charge is 0.487 e. The maximum Gasteiger partial charge on any atom is 0.339 e. The van der Waals surface area contributed by atoms with Gasteiger partial charge in [-0.05, 0) is 67.6 Å². The molecule has 1 N–H and O–H groups in total. The second-order valence-corrected chi connectivity index (χ2v) is 8.28. The number of hydrogen-bond acceptors (Lipinski definition) is 5. The highest BCUT2D eigenvalue weighted by Gasteiger charge is 2.29. The molecule has 0 aliphatic carbocycles. The second kappa shape index (κ2) is 9.12. The number of aromatic carboxylic acids is 1. The van der Waals surface area contributed by atoms with Crippen molar-refractivity contribution in [2.24, 2.45) is 0 Å². The van der Waals surface area contributed by atoms with Gasteiger partial charge < -0.3 is 14.7 Å². The lowest BCUT2D eigenvalue weighted by atomic mass is 10.0. The monoisotopic (exact) mass is 455 g/mol. The van der Waals surface area contributed by atoms with Crippen LogP contribution in [0.1, 0.15) is 51.6 Å². The molecule has 0 saturated carbocycles. The van der Waals surface area contributed by atoms with Gasteiger partial charge in [-0.3, -0.25) is 0 Å². The molecule has 4 rings (SSSR count). The minimum absolute atomic E-state index is 0.0161. The first-order valence-electron chi connectivity index (χ1n) is 10.3. The number of anilines is 1. The van der Waals surface area contributed by atoms with Crippen LogP contribution in [-0.2, 0) is 6.61 Å². The summed E-state index contributed by atoms with van der Waals surface area (Å²) in [7, 11) is 0. The van der Waals surface area contributed by atoms with Crippen LogP contribution in [0.4, 0.5) is 10.3 Å². The van der Waals surface area contributed by atoms with Gasteiger partial charge in [0.1, 0.15) is 23.7 Å². The average Bonchev–Trinajstić information content (AvgIpc) is 3.25. The van der Waals surface area contributed by atoms with Gasteiger partial charge in [-0.25, -0.2) is 19.2 Å². The van der Waals surface area contributed by atoms with Gasteiger partial charge in [-0.1, -0.05) is 23.7 Å². The predicted octanol–water partition coefficient (Wildman–Crippen LogP) is 5.50. The van der Waals surface area contributed by atoms with Crippen molar-refractivity contribution in [2.45, 2.75) is 39.3 Å². The molecule has 1 fully saturated rings. The van der Waals surface area contributed by atoms with Crippen molar-refractivity contribution < 1.29 is 19.0 Å². The van der Waals surface area contributed by atoms with Crippen molar-refractivity contribution in [3.63, 3.8) is 0 Å². The zero-order valence-corrected chi connectivity index (χ0v) is 18.6. The molecule has 1 unspecified atom stereocenters. The molecule has 8 heteroatoms. The minimum atomic E-state index is -1.12. The number of benzene rings is 2. The number of aromatic nitrogens is 2. The van der Waals surface area contributed by atoms with E-state index in [2.05, 4.69) is 9.97 Å². The zero-order valence-electron chi connectivity index (χ0n) is 17.8. The van der Waals surface area contributed by atoms with E-state index >= 15 is 0 Å². The summed E-state index contributed by atoms with van der Waals surface area (Å²) in [4.78, 5) is 22.6. The predicted molar refractivity (Wildman–Crippen MR) is 120 cm³/mol. The third kappa shape index (κ3) is 4.53. The van der Waals surface area contributed by atoms with Crippen molar-refractivity contribution >= 4 is 23.5 Å². The fourth-order valence-electron chi connectivity index (χ4n) is 4.04. The van der Waals surface area contributed by atoms with E-state index < -0.39 is 5.97 Å². The summed E-state index contributed by atoms with van der Waals surface area (Å²) in [6.45, 7) is 4.43. The maximum absolute atomic E-state index is 13.8. The summed E-state index contributed by atoms with van der Waals surface area (Å²) in [6, 6.07) is 10.0. The fraction of sp³-hybridized carbons (Fsp3) is 0.292. The van der Waals surface area contributed by atoms with Gasteiger partial charge in [0.25, 0.3) is 0 Å². The number of halogens is 2. The van der Waals surface area contributed by atoms with Crippen LogP contribution in [0.2, 0.25) is 5.02 Å². The van der Waals surface area contributed by atoms with Crippen LogP contribution < -0.4 is 9.64 Å². The van der Waals surface area contributed by atoms with Crippen LogP contribution in [0.5, 0.6) is 5.75 Å². The molecule has 2 aromatic carbocycles. The highest BCUT2D eigenvalue weighted by Crippen LogP contribution is 2.35. The van der Waals surface area contributed by atoms with E-state index in [1.807, 2.05) is 24.8 Å². The van der Waals surface area contributed by atoms with Crippen molar-refractivity contribution in [3.8, 4) is 5.75 Å². The van der Waals surface area contributed by atoms with Gasteiger partial charge in [0.15, 0.2) is 0 Å². The molecular formula is C24H23ClFN3O3. The molecule has 0 amide bonds. The Labute approximate surface area is 190 Å².